The van der Waals surface area contributed by atoms with Crippen LogP contribution in [0.5, 0.6) is 0 Å². The average Bonchev–Trinajstić information content (AvgIpc) is 2.09. The van der Waals surface area contributed by atoms with Gasteiger partial charge in [-0.2, -0.15) is 0 Å². The summed E-state index contributed by atoms with van der Waals surface area (Å²) >= 11 is 0. The van der Waals surface area contributed by atoms with Gasteiger partial charge in [0, 0.05) is 6.42 Å². The molecule has 1 aromatic rings. The van der Waals surface area contributed by atoms with Crippen LogP contribution in [-0.2, 0) is 6.42 Å². The molecular formula is C10H13FO. The molecule has 1 rings (SSSR count). The quantitative estimate of drug-likeness (QED) is 0.730. The van der Waals surface area contributed by atoms with Crippen LogP contribution in [-0.4, -0.2) is 17.9 Å². The third kappa shape index (κ3) is 2.62. The lowest BCUT2D eigenvalue weighted by molar-refractivity contribution is 0.177. The van der Waals surface area contributed by atoms with E-state index in [-0.39, 0.29) is 0 Å². The number of hydrogen-bond acceptors (Lipinski definition) is 1. The van der Waals surface area contributed by atoms with Crippen LogP contribution in [0.25, 0.3) is 0 Å². The normalized spacial score (nSPS) is 12.9. The second-order valence-electron chi connectivity index (χ2n) is 2.97. The number of aliphatic hydroxyl groups excluding tert-OH is 1. The first-order valence-electron chi connectivity index (χ1n) is 4.03. The highest BCUT2D eigenvalue weighted by molar-refractivity contribution is 5.21. The molecule has 2 heteroatoms. The van der Waals surface area contributed by atoms with E-state index in [1.54, 1.807) is 0 Å². The smallest absolute Gasteiger partial charge is 0.127 e. The van der Waals surface area contributed by atoms with Gasteiger partial charge in [-0.05, 0) is 12.5 Å². The zero-order chi connectivity index (χ0) is 8.97. The molecule has 0 bridgehead atoms. The first kappa shape index (κ1) is 9.20. The van der Waals surface area contributed by atoms with Crippen molar-refractivity contribution in [1.29, 1.82) is 0 Å². The van der Waals surface area contributed by atoms with Crippen LogP contribution in [0.15, 0.2) is 24.3 Å². The Morgan fingerprint density at radius 3 is 2.42 bits per heavy atom. The molecule has 1 aromatic carbocycles. The van der Waals surface area contributed by atoms with Crippen molar-refractivity contribution >= 4 is 0 Å². The Bertz CT molecular complexity index is 230. The van der Waals surface area contributed by atoms with Crippen molar-refractivity contribution in [2.45, 2.75) is 19.5 Å². The molecule has 0 amide bonds. The fourth-order valence-electron chi connectivity index (χ4n) is 1.04. The molecule has 66 valence electrons. The molecule has 0 aliphatic heterocycles. The van der Waals surface area contributed by atoms with Crippen molar-refractivity contribution in [3.05, 3.63) is 35.4 Å². The largest absolute Gasteiger partial charge is 0.393 e. The van der Waals surface area contributed by atoms with E-state index in [1.165, 1.54) is 0 Å². The maximum absolute atomic E-state index is 12.7. The van der Waals surface area contributed by atoms with Gasteiger partial charge in [-0.15, -0.1) is 0 Å². The second kappa shape index (κ2) is 4.21. The van der Waals surface area contributed by atoms with Gasteiger partial charge in [0.25, 0.3) is 0 Å². The highest BCUT2D eigenvalue weighted by Crippen LogP contribution is 2.07. The molecule has 0 aliphatic rings. The van der Waals surface area contributed by atoms with Crippen LogP contribution in [0, 0.1) is 6.92 Å². The summed E-state index contributed by atoms with van der Waals surface area (Å²) in [4.78, 5) is 0. The van der Waals surface area contributed by atoms with E-state index in [0.717, 1.165) is 11.1 Å². The predicted molar refractivity (Wildman–Crippen MR) is 46.9 cm³/mol. The van der Waals surface area contributed by atoms with E-state index < -0.39 is 12.8 Å². The minimum absolute atomic E-state index is 0.302. The highest BCUT2D eigenvalue weighted by Gasteiger charge is 2.04. The molecule has 1 nitrogen and oxygen atoms in total. The standard InChI is InChI=1S/C10H13FO/c1-8-2-4-9(5-3-8)6-10(11)7-12/h2-5,10,12H,6-7H2,1H3/t10-/m0/s1. The molecule has 0 aromatic heterocycles. The van der Waals surface area contributed by atoms with E-state index in [0.29, 0.717) is 6.42 Å². The summed E-state index contributed by atoms with van der Waals surface area (Å²) in [5, 5.41) is 8.48. The lowest BCUT2D eigenvalue weighted by atomic mass is 10.1. The van der Waals surface area contributed by atoms with Gasteiger partial charge in [-0.1, -0.05) is 29.8 Å². The number of aliphatic hydroxyl groups is 1. The molecule has 0 fully saturated rings. The molecule has 0 unspecified atom stereocenters. The monoisotopic (exact) mass is 168 g/mol. The summed E-state index contributed by atoms with van der Waals surface area (Å²) in [6, 6.07) is 7.66. The molecule has 12 heavy (non-hydrogen) atoms. The van der Waals surface area contributed by atoms with E-state index in [9.17, 15) is 4.39 Å². The van der Waals surface area contributed by atoms with Crippen LogP contribution in [0.2, 0.25) is 0 Å². The molecular weight excluding hydrogens is 155 g/mol. The minimum Gasteiger partial charge on any atom is -0.393 e. The lowest BCUT2D eigenvalue weighted by Crippen LogP contribution is -2.09. The third-order valence-electron chi connectivity index (χ3n) is 1.78. The summed E-state index contributed by atoms with van der Waals surface area (Å²) in [6.07, 6.45) is -0.829. The zero-order valence-corrected chi connectivity index (χ0v) is 7.13. The predicted octanol–water partition coefficient (Wildman–Crippen LogP) is 1.87. The van der Waals surface area contributed by atoms with E-state index >= 15 is 0 Å². The van der Waals surface area contributed by atoms with Crippen molar-refractivity contribution in [3.63, 3.8) is 0 Å². The maximum atomic E-state index is 12.7. The highest BCUT2D eigenvalue weighted by atomic mass is 19.1. The lowest BCUT2D eigenvalue weighted by Gasteiger charge is -2.04. The van der Waals surface area contributed by atoms with Gasteiger partial charge in [-0.25, -0.2) is 4.39 Å². The summed E-state index contributed by atoms with van der Waals surface area (Å²) < 4.78 is 12.7. The SMILES string of the molecule is Cc1ccc(C[C@H](F)CO)cc1. The number of halogens is 1. The Morgan fingerprint density at radius 2 is 1.92 bits per heavy atom. The fraction of sp³-hybridized carbons (Fsp3) is 0.400. The van der Waals surface area contributed by atoms with Gasteiger partial charge < -0.3 is 5.11 Å². The van der Waals surface area contributed by atoms with E-state index in [4.69, 9.17) is 5.11 Å². The van der Waals surface area contributed by atoms with Crippen molar-refractivity contribution in [1.82, 2.24) is 0 Å². The molecule has 1 atom stereocenters. The minimum atomic E-state index is -1.13. The first-order valence-corrected chi connectivity index (χ1v) is 4.03. The Labute approximate surface area is 71.9 Å². The zero-order valence-electron chi connectivity index (χ0n) is 7.13. The van der Waals surface area contributed by atoms with Crippen LogP contribution in [0.3, 0.4) is 0 Å². The van der Waals surface area contributed by atoms with Gasteiger partial charge in [-0.3, -0.25) is 0 Å². The maximum Gasteiger partial charge on any atom is 0.127 e. The number of rotatable bonds is 3. The van der Waals surface area contributed by atoms with Crippen LogP contribution in [0.4, 0.5) is 4.39 Å². The van der Waals surface area contributed by atoms with Gasteiger partial charge >= 0.3 is 0 Å². The van der Waals surface area contributed by atoms with Gasteiger partial charge in [0.15, 0.2) is 0 Å². The van der Waals surface area contributed by atoms with E-state index in [2.05, 4.69) is 0 Å². The summed E-state index contributed by atoms with van der Waals surface area (Å²) in [5.41, 5.74) is 2.10. The van der Waals surface area contributed by atoms with Crippen LogP contribution < -0.4 is 0 Å². The Hall–Kier alpha value is -0.890. The number of hydrogen-bond donors (Lipinski definition) is 1. The third-order valence-corrected chi connectivity index (χ3v) is 1.78. The van der Waals surface area contributed by atoms with Crippen molar-refractivity contribution in [2.75, 3.05) is 6.61 Å². The summed E-state index contributed by atoms with van der Waals surface area (Å²) in [6.45, 7) is 1.59. The molecule has 0 saturated heterocycles. The van der Waals surface area contributed by atoms with Crippen molar-refractivity contribution in [3.8, 4) is 0 Å². The number of benzene rings is 1. The van der Waals surface area contributed by atoms with Crippen LogP contribution >= 0.6 is 0 Å². The van der Waals surface area contributed by atoms with Crippen molar-refractivity contribution < 1.29 is 9.50 Å². The Balaban J connectivity index is 2.58. The molecule has 0 saturated carbocycles. The number of aryl methyl sites for hydroxylation is 1. The van der Waals surface area contributed by atoms with Gasteiger partial charge in [0.05, 0.1) is 6.61 Å². The van der Waals surface area contributed by atoms with Crippen molar-refractivity contribution in [2.24, 2.45) is 0 Å². The summed E-state index contributed by atoms with van der Waals surface area (Å²) in [7, 11) is 0. The molecule has 1 N–H and O–H groups in total. The van der Waals surface area contributed by atoms with E-state index in [1.807, 2.05) is 31.2 Å². The topological polar surface area (TPSA) is 20.2 Å². The average molecular weight is 168 g/mol. The van der Waals surface area contributed by atoms with Crippen LogP contribution in [0.1, 0.15) is 11.1 Å². The molecule has 0 radical (unpaired) electrons. The molecule has 0 heterocycles. The number of alkyl halides is 1. The Kier molecular flexibility index (Phi) is 3.23. The van der Waals surface area contributed by atoms with Gasteiger partial charge in [0.2, 0.25) is 0 Å². The second-order valence-corrected chi connectivity index (χ2v) is 2.97. The first-order chi connectivity index (χ1) is 5.72. The molecule has 0 aliphatic carbocycles. The molecule has 0 spiro atoms. The summed E-state index contributed by atoms with van der Waals surface area (Å²) in [5.74, 6) is 0. The Morgan fingerprint density at radius 1 is 1.33 bits per heavy atom. The van der Waals surface area contributed by atoms with Gasteiger partial charge in [0.1, 0.15) is 6.17 Å². The fourth-order valence-corrected chi connectivity index (χ4v) is 1.04.